The highest BCUT2D eigenvalue weighted by Crippen LogP contribution is 2.38. The fourth-order valence-electron chi connectivity index (χ4n) is 3.45. The summed E-state index contributed by atoms with van der Waals surface area (Å²) in [5.74, 6) is -0.0354. The maximum absolute atomic E-state index is 11.1. The Morgan fingerprint density at radius 2 is 1.79 bits per heavy atom. The standard InChI is InChI=1S/C23H23N7O3/c1-13(2)23(4,18-7-5-15(6-8-18)16-9-25-22(24)26-10-16)21-28-19(33-29-21)17-11-27-30(12-17)14(3)20(31)32/h5-13H,3H2,1-2,4H3,(H,31,32)(H2,24,25,26). The van der Waals surface area contributed by atoms with E-state index in [9.17, 15) is 4.79 Å². The van der Waals surface area contributed by atoms with Crippen LogP contribution in [0.1, 0.15) is 32.2 Å². The molecule has 0 radical (unpaired) electrons. The van der Waals surface area contributed by atoms with Crippen LogP contribution in [0.15, 0.2) is 60.2 Å². The van der Waals surface area contributed by atoms with E-state index >= 15 is 0 Å². The Kier molecular flexibility index (Phi) is 5.50. The quantitative estimate of drug-likeness (QED) is 0.408. The highest BCUT2D eigenvalue weighted by Gasteiger charge is 2.37. The van der Waals surface area contributed by atoms with Gasteiger partial charge in [0.1, 0.15) is 5.70 Å². The Morgan fingerprint density at radius 1 is 1.12 bits per heavy atom. The lowest BCUT2D eigenvalue weighted by Gasteiger charge is -2.31. The molecule has 1 aromatic carbocycles. The maximum atomic E-state index is 11.1. The molecule has 1 unspecified atom stereocenters. The molecule has 0 saturated carbocycles. The number of carbonyl (C=O) groups is 1. The van der Waals surface area contributed by atoms with Gasteiger partial charge in [-0.15, -0.1) is 0 Å². The molecule has 0 spiro atoms. The van der Waals surface area contributed by atoms with E-state index in [4.69, 9.17) is 15.4 Å². The van der Waals surface area contributed by atoms with Gasteiger partial charge in [-0.25, -0.2) is 19.4 Å². The molecule has 0 amide bonds. The van der Waals surface area contributed by atoms with Gasteiger partial charge in [0.2, 0.25) is 5.95 Å². The monoisotopic (exact) mass is 445 g/mol. The number of hydrogen-bond donors (Lipinski definition) is 2. The predicted octanol–water partition coefficient (Wildman–Crippen LogP) is 3.49. The number of nitrogens with zero attached hydrogens (tertiary/aromatic N) is 6. The Balaban J connectivity index is 1.66. The van der Waals surface area contributed by atoms with Crippen LogP contribution in [-0.4, -0.2) is 41.0 Å². The minimum Gasteiger partial charge on any atom is -0.477 e. The molecule has 4 aromatic rings. The summed E-state index contributed by atoms with van der Waals surface area (Å²) in [4.78, 5) is 23.8. The number of aliphatic carboxylic acids is 1. The summed E-state index contributed by atoms with van der Waals surface area (Å²) in [6.45, 7) is 9.73. The largest absolute Gasteiger partial charge is 0.477 e. The normalized spacial score (nSPS) is 13.1. The molecule has 0 aliphatic heterocycles. The van der Waals surface area contributed by atoms with Crippen molar-refractivity contribution in [1.82, 2.24) is 29.9 Å². The fourth-order valence-corrected chi connectivity index (χ4v) is 3.45. The SMILES string of the molecule is C=C(C(=O)O)n1cc(-c2nc(C(C)(c3ccc(-c4cnc(N)nc4)cc3)C(C)C)no2)cn1. The number of rotatable bonds is 7. The van der Waals surface area contributed by atoms with Gasteiger partial charge in [0.25, 0.3) is 5.89 Å². The summed E-state index contributed by atoms with van der Waals surface area (Å²) in [6.07, 6.45) is 6.32. The minimum atomic E-state index is -1.17. The summed E-state index contributed by atoms with van der Waals surface area (Å²) in [7, 11) is 0. The van der Waals surface area contributed by atoms with Crippen LogP contribution >= 0.6 is 0 Å². The molecule has 0 bridgehead atoms. The summed E-state index contributed by atoms with van der Waals surface area (Å²) in [6, 6.07) is 8.04. The van der Waals surface area contributed by atoms with Gasteiger partial charge in [0.05, 0.1) is 17.2 Å². The highest BCUT2D eigenvalue weighted by atomic mass is 16.5. The first-order valence-corrected chi connectivity index (χ1v) is 10.2. The van der Waals surface area contributed by atoms with Crippen molar-refractivity contribution < 1.29 is 14.4 Å². The molecule has 0 aliphatic rings. The Labute approximate surface area is 189 Å². The third kappa shape index (κ3) is 3.98. The van der Waals surface area contributed by atoms with Gasteiger partial charge in [-0.3, -0.25) is 0 Å². The number of carboxylic acids is 1. The van der Waals surface area contributed by atoms with Crippen LogP contribution in [0.2, 0.25) is 0 Å². The van der Waals surface area contributed by atoms with Gasteiger partial charge in [-0.05, 0) is 24.0 Å². The van der Waals surface area contributed by atoms with E-state index in [1.807, 2.05) is 24.3 Å². The smallest absolute Gasteiger partial charge is 0.353 e. The van der Waals surface area contributed by atoms with Gasteiger partial charge in [0, 0.05) is 24.2 Å². The van der Waals surface area contributed by atoms with Crippen LogP contribution in [0, 0.1) is 5.92 Å². The molecule has 33 heavy (non-hydrogen) atoms. The Bertz CT molecular complexity index is 1310. The minimum absolute atomic E-state index is 0.142. The van der Waals surface area contributed by atoms with Crippen LogP contribution in [-0.2, 0) is 10.2 Å². The second-order valence-electron chi connectivity index (χ2n) is 8.11. The van der Waals surface area contributed by atoms with Crippen LogP contribution in [0.3, 0.4) is 0 Å². The molecule has 10 nitrogen and oxygen atoms in total. The van der Waals surface area contributed by atoms with E-state index in [-0.39, 0.29) is 23.5 Å². The predicted molar refractivity (Wildman–Crippen MR) is 122 cm³/mol. The molecular weight excluding hydrogens is 422 g/mol. The molecule has 0 fully saturated rings. The highest BCUT2D eigenvalue weighted by molar-refractivity contribution is 6.07. The van der Waals surface area contributed by atoms with Gasteiger partial charge in [0.15, 0.2) is 5.82 Å². The molecule has 168 valence electrons. The molecule has 10 heteroatoms. The zero-order valence-electron chi connectivity index (χ0n) is 18.4. The first kappa shape index (κ1) is 21.9. The van der Waals surface area contributed by atoms with Crippen LogP contribution in [0.4, 0.5) is 5.95 Å². The van der Waals surface area contributed by atoms with Crippen LogP contribution in [0.5, 0.6) is 0 Å². The van der Waals surface area contributed by atoms with E-state index in [0.717, 1.165) is 21.4 Å². The van der Waals surface area contributed by atoms with Crippen molar-refractivity contribution in [2.45, 2.75) is 26.2 Å². The average Bonchev–Trinajstić information content (AvgIpc) is 3.48. The summed E-state index contributed by atoms with van der Waals surface area (Å²) in [5, 5.41) is 17.4. The Hall–Kier alpha value is -4.34. The van der Waals surface area contributed by atoms with Crippen molar-refractivity contribution in [2.24, 2.45) is 5.92 Å². The van der Waals surface area contributed by atoms with Crippen LogP contribution < -0.4 is 5.73 Å². The van der Waals surface area contributed by atoms with Gasteiger partial charge in [-0.2, -0.15) is 10.1 Å². The first-order valence-electron chi connectivity index (χ1n) is 10.2. The van der Waals surface area contributed by atoms with Crippen LogP contribution in [0.25, 0.3) is 28.3 Å². The van der Waals surface area contributed by atoms with Crippen molar-refractivity contribution in [1.29, 1.82) is 0 Å². The molecule has 3 aromatic heterocycles. The lowest BCUT2D eigenvalue weighted by atomic mass is 9.72. The van der Waals surface area contributed by atoms with E-state index in [0.29, 0.717) is 11.4 Å². The van der Waals surface area contributed by atoms with E-state index in [1.165, 1.54) is 12.4 Å². The molecule has 0 aliphatic carbocycles. The summed E-state index contributed by atoms with van der Waals surface area (Å²) >= 11 is 0. The fraction of sp³-hybridized carbons (Fsp3) is 0.217. The molecular formula is C23H23N7O3. The average molecular weight is 445 g/mol. The second-order valence-corrected chi connectivity index (χ2v) is 8.11. The third-order valence-electron chi connectivity index (χ3n) is 5.89. The number of anilines is 1. The van der Waals surface area contributed by atoms with E-state index in [1.54, 1.807) is 12.4 Å². The number of aromatic nitrogens is 6. The number of nitrogen functional groups attached to an aromatic ring is 1. The zero-order chi connectivity index (χ0) is 23.8. The topological polar surface area (TPSA) is 146 Å². The molecule has 4 rings (SSSR count). The van der Waals surface area contributed by atoms with Crippen molar-refractivity contribution in [2.75, 3.05) is 5.73 Å². The van der Waals surface area contributed by atoms with Gasteiger partial charge < -0.3 is 15.4 Å². The summed E-state index contributed by atoms with van der Waals surface area (Å²) in [5.41, 5.74) is 8.19. The molecule has 3 heterocycles. The number of hydrogen-bond acceptors (Lipinski definition) is 8. The number of carboxylic acid groups (broad SMARTS) is 1. The maximum Gasteiger partial charge on any atom is 0.353 e. The first-order chi connectivity index (χ1) is 15.7. The molecule has 3 N–H and O–H groups in total. The van der Waals surface area contributed by atoms with E-state index in [2.05, 4.69) is 52.6 Å². The van der Waals surface area contributed by atoms with Gasteiger partial charge >= 0.3 is 5.97 Å². The van der Waals surface area contributed by atoms with Crippen molar-refractivity contribution in [3.05, 3.63) is 67.0 Å². The molecule has 1 atom stereocenters. The zero-order valence-corrected chi connectivity index (χ0v) is 18.4. The Morgan fingerprint density at radius 3 is 2.39 bits per heavy atom. The van der Waals surface area contributed by atoms with Gasteiger partial charge in [-0.1, -0.05) is 49.8 Å². The van der Waals surface area contributed by atoms with Crippen molar-refractivity contribution in [3.63, 3.8) is 0 Å². The molecule has 0 saturated heterocycles. The van der Waals surface area contributed by atoms with Crippen molar-refractivity contribution >= 4 is 17.6 Å². The lowest BCUT2D eigenvalue weighted by molar-refractivity contribution is -0.130. The summed E-state index contributed by atoms with van der Waals surface area (Å²) < 4.78 is 6.66. The number of benzene rings is 1. The second kappa shape index (κ2) is 8.30. The van der Waals surface area contributed by atoms with Crippen molar-refractivity contribution in [3.8, 4) is 22.6 Å². The lowest BCUT2D eigenvalue weighted by Crippen LogP contribution is -2.31. The number of nitrogens with two attached hydrogens (primary N) is 1. The third-order valence-corrected chi connectivity index (χ3v) is 5.89. The van der Waals surface area contributed by atoms with E-state index < -0.39 is 11.4 Å².